The Bertz CT molecular complexity index is 400. The average Bonchev–Trinajstić information content (AvgIpc) is 2.44. The zero-order valence-electron chi connectivity index (χ0n) is 11.8. The average molecular weight is 339 g/mol. The maximum absolute atomic E-state index is 11.9. The highest BCUT2D eigenvalue weighted by molar-refractivity contribution is 7.80. The highest BCUT2D eigenvalue weighted by Gasteiger charge is 2.48. The number of thiocarbonyl (C=S) groups is 1. The lowest BCUT2D eigenvalue weighted by atomic mass is 9.85. The first-order valence-electron chi connectivity index (χ1n) is 6.51. The molecule has 6 atom stereocenters. The van der Waals surface area contributed by atoms with E-state index in [1.807, 2.05) is 13.8 Å². The molecule has 10 heteroatoms. The molecule has 1 fully saturated rings. The molecule has 122 valence electrons. The molecule has 0 saturated heterocycles. The van der Waals surface area contributed by atoms with Gasteiger partial charge >= 0.3 is 0 Å². The van der Waals surface area contributed by atoms with Crippen LogP contribution in [0.3, 0.4) is 0 Å². The number of aliphatic hydroxyl groups is 4. The van der Waals surface area contributed by atoms with Crippen LogP contribution in [0, 0.1) is 5.92 Å². The molecule has 1 aliphatic rings. The molecule has 0 aromatic rings. The molecule has 21 heavy (non-hydrogen) atoms. The van der Waals surface area contributed by atoms with Crippen molar-refractivity contribution in [2.45, 2.75) is 44.3 Å². The lowest BCUT2D eigenvalue weighted by Gasteiger charge is -2.39. The van der Waals surface area contributed by atoms with Gasteiger partial charge in [-0.15, -0.1) is 0 Å². The molecule has 1 saturated carbocycles. The monoisotopic (exact) mass is 339 g/mol. The number of nitrogens with zero attached hydrogens (tertiary/aromatic N) is 1. The summed E-state index contributed by atoms with van der Waals surface area (Å²) in [5.74, 6) is -0.457. The Kier molecular flexibility index (Phi) is 6.86. The van der Waals surface area contributed by atoms with E-state index >= 15 is 0 Å². The predicted octanol–water partition coefficient (Wildman–Crippen LogP) is -2.49. The third-order valence-electron chi connectivity index (χ3n) is 3.12. The zero-order valence-corrected chi connectivity index (χ0v) is 13.8. The third-order valence-corrected chi connectivity index (χ3v) is 4.06. The molecule has 1 rings (SSSR count). The van der Waals surface area contributed by atoms with Crippen molar-refractivity contribution in [3.8, 4) is 0 Å². The molecule has 8 nitrogen and oxygen atoms in total. The Morgan fingerprint density at radius 1 is 1.29 bits per heavy atom. The molecular formula is C11H22N3O5PS. The molecular weight excluding hydrogens is 317 g/mol. The quantitative estimate of drug-likeness (QED) is 0.187. The summed E-state index contributed by atoms with van der Waals surface area (Å²) in [7, 11) is 2.22. The van der Waals surface area contributed by atoms with Gasteiger partial charge in [-0.2, -0.15) is 0 Å². The third kappa shape index (κ3) is 4.53. The Balaban J connectivity index is 2.67. The summed E-state index contributed by atoms with van der Waals surface area (Å²) in [4.78, 5) is 11.9. The predicted molar refractivity (Wildman–Crippen MR) is 82.9 cm³/mol. The number of rotatable bonds is 4. The number of carbonyl (C=O) groups excluding carboxylic acids is 1. The second kappa shape index (κ2) is 7.73. The number of hydrazine groups is 1. The second-order valence-electron chi connectivity index (χ2n) is 5.38. The highest BCUT2D eigenvalue weighted by atomic mass is 32.1. The van der Waals surface area contributed by atoms with Gasteiger partial charge in [0.25, 0.3) is 0 Å². The van der Waals surface area contributed by atoms with Crippen LogP contribution < -0.4 is 10.7 Å². The van der Waals surface area contributed by atoms with Crippen molar-refractivity contribution in [1.82, 2.24) is 15.5 Å². The van der Waals surface area contributed by atoms with Gasteiger partial charge in [-0.25, -0.2) is 5.43 Å². The molecule has 0 radical (unpaired) electrons. The molecule has 0 aromatic heterocycles. The first-order valence-corrected chi connectivity index (χ1v) is 7.44. The molecule has 0 bridgehead atoms. The normalized spacial score (nSPS) is 33.1. The number of ketones is 1. The summed E-state index contributed by atoms with van der Waals surface area (Å²) in [5.41, 5.74) is 2.59. The van der Waals surface area contributed by atoms with Crippen LogP contribution in [0.5, 0.6) is 0 Å². The van der Waals surface area contributed by atoms with Crippen LogP contribution >= 0.6 is 21.6 Å². The molecule has 1 aliphatic carbocycles. The number of hydrogen-bond donors (Lipinski definition) is 6. The van der Waals surface area contributed by atoms with Gasteiger partial charge in [-0.3, -0.25) is 9.57 Å². The van der Waals surface area contributed by atoms with E-state index in [0.717, 1.165) is 0 Å². The number of carbonyl (C=O) groups is 1. The molecule has 0 amide bonds. The van der Waals surface area contributed by atoms with Crippen LogP contribution in [0.2, 0.25) is 0 Å². The van der Waals surface area contributed by atoms with Gasteiger partial charge in [0, 0.05) is 6.54 Å². The maximum Gasteiger partial charge on any atom is 0.186 e. The van der Waals surface area contributed by atoms with E-state index < -0.39 is 36.2 Å². The summed E-state index contributed by atoms with van der Waals surface area (Å²) in [6, 6.07) is -1.28. The maximum atomic E-state index is 11.9. The SMILES string of the molecule is CC(C)CNC(=S)N(P)NC1C(=O)[C@@H](O)[C@@H](O)[C@H](O)[C@H]1O. The molecule has 2 unspecified atom stereocenters. The minimum absolute atomic E-state index is 0.267. The van der Waals surface area contributed by atoms with Gasteiger partial charge < -0.3 is 25.7 Å². The van der Waals surface area contributed by atoms with Gasteiger partial charge in [0.05, 0.1) is 0 Å². The smallest absolute Gasteiger partial charge is 0.186 e. The van der Waals surface area contributed by atoms with Crippen LogP contribution in [0.15, 0.2) is 0 Å². The standard InChI is InChI=1S/C11H22N3O5PS/c1-4(2)3-12-11(21)14(20)13-5-6(15)8(17)10(19)9(18)7(5)16/h4-6,8-10,13,15,17-19H,3,20H2,1-2H3,(H,12,21)/t5?,6-,8+,9+,10-/m0/s1. The fourth-order valence-electron chi connectivity index (χ4n) is 1.83. The van der Waals surface area contributed by atoms with Gasteiger partial charge in [0.2, 0.25) is 0 Å². The molecule has 0 spiro atoms. The molecule has 6 N–H and O–H groups in total. The number of hydrogen-bond acceptors (Lipinski definition) is 7. The Hall–Kier alpha value is -0.410. The van der Waals surface area contributed by atoms with E-state index in [-0.39, 0.29) is 5.11 Å². The topological polar surface area (TPSA) is 125 Å². The minimum Gasteiger partial charge on any atom is -0.388 e. The van der Waals surface area contributed by atoms with Crippen molar-refractivity contribution in [1.29, 1.82) is 0 Å². The lowest BCUT2D eigenvalue weighted by molar-refractivity contribution is -0.170. The molecule has 0 heterocycles. The molecule has 0 aliphatic heterocycles. The van der Waals surface area contributed by atoms with Gasteiger partial charge in [-0.05, 0) is 27.5 Å². The van der Waals surface area contributed by atoms with Crippen molar-refractivity contribution in [3.05, 3.63) is 0 Å². The van der Waals surface area contributed by atoms with E-state index in [9.17, 15) is 25.2 Å². The van der Waals surface area contributed by atoms with Crippen molar-refractivity contribution in [3.63, 3.8) is 0 Å². The van der Waals surface area contributed by atoms with Crippen molar-refractivity contribution in [2.24, 2.45) is 5.92 Å². The summed E-state index contributed by atoms with van der Waals surface area (Å²) < 4.78 is 1.24. The van der Waals surface area contributed by atoms with Crippen LogP contribution in [-0.2, 0) is 4.79 Å². The Morgan fingerprint density at radius 3 is 2.38 bits per heavy atom. The number of Topliss-reactive ketones (excluding diaryl/α,β-unsaturated/α-hetero) is 1. The van der Waals surface area contributed by atoms with Gasteiger partial charge in [0.1, 0.15) is 30.5 Å². The van der Waals surface area contributed by atoms with Gasteiger partial charge in [-0.1, -0.05) is 13.8 Å². The zero-order chi connectivity index (χ0) is 16.3. The fourth-order valence-corrected chi connectivity index (χ4v) is 2.22. The summed E-state index contributed by atoms with van der Waals surface area (Å²) in [5, 5.41) is 41.6. The van der Waals surface area contributed by atoms with Crippen LogP contribution in [0.1, 0.15) is 13.8 Å². The summed E-state index contributed by atoms with van der Waals surface area (Å²) >= 11 is 5.09. The van der Waals surface area contributed by atoms with Crippen molar-refractivity contribution < 1.29 is 25.2 Å². The first kappa shape index (κ1) is 18.6. The van der Waals surface area contributed by atoms with Crippen LogP contribution in [0.25, 0.3) is 0 Å². The van der Waals surface area contributed by atoms with Crippen LogP contribution in [0.4, 0.5) is 0 Å². The molecule has 0 aromatic carbocycles. The Labute approximate surface area is 130 Å². The largest absolute Gasteiger partial charge is 0.388 e. The van der Waals surface area contributed by atoms with E-state index in [1.165, 1.54) is 4.78 Å². The van der Waals surface area contributed by atoms with Gasteiger partial charge in [0.15, 0.2) is 10.9 Å². The van der Waals surface area contributed by atoms with E-state index in [2.05, 4.69) is 20.1 Å². The summed E-state index contributed by atoms with van der Waals surface area (Å²) in [6.45, 7) is 4.62. The number of aliphatic hydroxyl groups excluding tert-OH is 4. The summed E-state index contributed by atoms with van der Waals surface area (Å²) in [6.07, 6.45) is -6.68. The van der Waals surface area contributed by atoms with Crippen molar-refractivity contribution >= 4 is 32.5 Å². The highest BCUT2D eigenvalue weighted by Crippen LogP contribution is 2.19. The fraction of sp³-hybridized carbons (Fsp3) is 0.818. The van der Waals surface area contributed by atoms with Crippen LogP contribution in [-0.4, -0.2) is 73.1 Å². The van der Waals surface area contributed by atoms with E-state index in [0.29, 0.717) is 12.5 Å². The Morgan fingerprint density at radius 2 is 1.86 bits per heavy atom. The van der Waals surface area contributed by atoms with Crippen molar-refractivity contribution in [2.75, 3.05) is 6.54 Å². The first-order chi connectivity index (χ1) is 9.66. The van der Waals surface area contributed by atoms with E-state index in [4.69, 9.17) is 12.2 Å². The van der Waals surface area contributed by atoms with E-state index in [1.54, 1.807) is 0 Å². The second-order valence-corrected chi connectivity index (χ2v) is 6.28. The lowest BCUT2D eigenvalue weighted by Crippen LogP contribution is -2.67. The minimum atomic E-state index is -1.77. The number of nitrogens with one attached hydrogen (secondary N) is 2.